The Balaban J connectivity index is 2.50. The van der Waals surface area contributed by atoms with E-state index in [1.807, 2.05) is 32.0 Å². The molecule has 0 atom stereocenters. The number of alkyl halides is 1. The first-order chi connectivity index (χ1) is 7.65. The van der Waals surface area contributed by atoms with E-state index in [9.17, 15) is 4.79 Å². The Bertz CT molecular complexity index is 363. The van der Waals surface area contributed by atoms with Crippen LogP contribution in [-0.2, 0) is 0 Å². The topological polar surface area (TPSA) is 29.1 Å². The largest absolute Gasteiger partial charge is 0.352 e. The fourth-order valence-electron chi connectivity index (χ4n) is 1.41. The monoisotopic (exact) mass is 239 g/mol. The number of benzene rings is 1. The molecule has 0 radical (unpaired) electrons. The van der Waals surface area contributed by atoms with Gasteiger partial charge in [-0.2, -0.15) is 0 Å². The van der Waals surface area contributed by atoms with Crippen LogP contribution in [0.4, 0.5) is 0 Å². The number of halogens is 1. The SMILES string of the molecule is Cc1ccc(C(=O)NCCCCCl)cc1C. The van der Waals surface area contributed by atoms with Crippen LogP contribution in [0.5, 0.6) is 0 Å². The maximum absolute atomic E-state index is 11.7. The molecule has 0 aliphatic rings. The Kier molecular flexibility index (Phi) is 5.33. The lowest BCUT2D eigenvalue weighted by molar-refractivity contribution is 0.0953. The summed E-state index contributed by atoms with van der Waals surface area (Å²) in [7, 11) is 0. The van der Waals surface area contributed by atoms with E-state index in [2.05, 4.69) is 5.32 Å². The molecule has 0 heterocycles. The van der Waals surface area contributed by atoms with Crippen LogP contribution in [-0.4, -0.2) is 18.3 Å². The summed E-state index contributed by atoms with van der Waals surface area (Å²) in [6, 6.07) is 5.76. The first-order valence-electron chi connectivity index (χ1n) is 5.56. The van der Waals surface area contributed by atoms with Crippen molar-refractivity contribution in [1.82, 2.24) is 5.32 Å². The second-order valence-electron chi connectivity index (χ2n) is 3.95. The number of aryl methyl sites for hydroxylation is 2. The van der Waals surface area contributed by atoms with E-state index < -0.39 is 0 Å². The molecule has 0 saturated heterocycles. The van der Waals surface area contributed by atoms with Crippen LogP contribution in [0, 0.1) is 13.8 Å². The van der Waals surface area contributed by atoms with Gasteiger partial charge in [0.2, 0.25) is 0 Å². The summed E-state index contributed by atoms with van der Waals surface area (Å²) < 4.78 is 0. The molecule has 1 amide bonds. The highest BCUT2D eigenvalue weighted by Crippen LogP contribution is 2.09. The molecule has 0 fully saturated rings. The van der Waals surface area contributed by atoms with E-state index in [-0.39, 0.29) is 5.91 Å². The molecule has 0 bridgehead atoms. The second kappa shape index (κ2) is 6.54. The van der Waals surface area contributed by atoms with Crippen molar-refractivity contribution in [2.45, 2.75) is 26.7 Å². The van der Waals surface area contributed by atoms with Gasteiger partial charge < -0.3 is 5.32 Å². The number of hydrogen-bond acceptors (Lipinski definition) is 1. The molecule has 3 heteroatoms. The fourth-order valence-corrected chi connectivity index (χ4v) is 1.60. The van der Waals surface area contributed by atoms with Crippen LogP contribution >= 0.6 is 11.6 Å². The molecule has 0 aromatic heterocycles. The molecule has 1 aromatic carbocycles. The Labute approximate surface area is 102 Å². The number of nitrogens with one attached hydrogen (secondary N) is 1. The third-order valence-electron chi connectivity index (χ3n) is 2.62. The second-order valence-corrected chi connectivity index (χ2v) is 4.33. The molecule has 1 aromatic rings. The van der Waals surface area contributed by atoms with E-state index in [0.29, 0.717) is 12.4 Å². The molecule has 1 rings (SSSR count). The normalized spacial score (nSPS) is 10.2. The summed E-state index contributed by atoms with van der Waals surface area (Å²) in [6.45, 7) is 4.75. The van der Waals surface area contributed by atoms with Crippen LogP contribution in [0.2, 0.25) is 0 Å². The van der Waals surface area contributed by atoms with Crippen LogP contribution < -0.4 is 5.32 Å². The van der Waals surface area contributed by atoms with Crippen molar-refractivity contribution < 1.29 is 4.79 Å². The summed E-state index contributed by atoms with van der Waals surface area (Å²) in [5, 5.41) is 2.88. The molecule has 16 heavy (non-hydrogen) atoms. The van der Waals surface area contributed by atoms with Gasteiger partial charge in [0, 0.05) is 18.0 Å². The maximum atomic E-state index is 11.7. The lowest BCUT2D eigenvalue weighted by Crippen LogP contribution is -2.24. The fraction of sp³-hybridized carbons (Fsp3) is 0.462. The van der Waals surface area contributed by atoms with Gasteiger partial charge >= 0.3 is 0 Å². The molecule has 1 N–H and O–H groups in total. The average molecular weight is 240 g/mol. The molecular weight excluding hydrogens is 222 g/mol. The van der Waals surface area contributed by atoms with Gasteiger partial charge in [0.05, 0.1) is 0 Å². The molecule has 0 aliphatic carbocycles. The average Bonchev–Trinajstić information content (AvgIpc) is 2.28. The molecule has 0 aliphatic heterocycles. The zero-order valence-electron chi connectivity index (χ0n) is 9.85. The van der Waals surface area contributed by atoms with Gasteiger partial charge in [-0.25, -0.2) is 0 Å². The summed E-state index contributed by atoms with van der Waals surface area (Å²) in [6.07, 6.45) is 1.87. The number of rotatable bonds is 5. The number of carbonyl (C=O) groups is 1. The first-order valence-corrected chi connectivity index (χ1v) is 6.10. The molecule has 2 nitrogen and oxygen atoms in total. The van der Waals surface area contributed by atoms with Crippen LogP contribution in [0.1, 0.15) is 34.3 Å². The van der Waals surface area contributed by atoms with Gasteiger partial charge in [-0.1, -0.05) is 6.07 Å². The van der Waals surface area contributed by atoms with Gasteiger partial charge in [-0.3, -0.25) is 4.79 Å². The Morgan fingerprint density at radius 2 is 2.00 bits per heavy atom. The highest BCUT2D eigenvalue weighted by molar-refractivity contribution is 6.17. The van der Waals surface area contributed by atoms with Gasteiger partial charge in [-0.15, -0.1) is 11.6 Å². The molecule has 0 spiro atoms. The minimum atomic E-state index is -0.00216. The van der Waals surface area contributed by atoms with Gasteiger partial charge in [0.1, 0.15) is 0 Å². The van der Waals surface area contributed by atoms with E-state index in [1.165, 1.54) is 5.56 Å². The quantitative estimate of drug-likeness (QED) is 0.621. The third-order valence-corrected chi connectivity index (χ3v) is 2.88. The van der Waals surface area contributed by atoms with Crippen molar-refractivity contribution in [3.8, 4) is 0 Å². The van der Waals surface area contributed by atoms with Crippen molar-refractivity contribution in [3.63, 3.8) is 0 Å². The predicted molar refractivity (Wildman–Crippen MR) is 68.2 cm³/mol. The zero-order valence-corrected chi connectivity index (χ0v) is 10.6. The Morgan fingerprint density at radius 3 is 2.62 bits per heavy atom. The van der Waals surface area contributed by atoms with Crippen molar-refractivity contribution >= 4 is 17.5 Å². The molecule has 88 valence electrons. The smallest absolute Gasteiger partial charge is 0.251 e. The van der Waals surface area contributed by atoms with Crippen LogP contribution in [0.25, 0.3) is 0 Å². The summed E-state index contributed by atoms with van der Waals surface area (Å²) in [5.41, 5.74) is 3.08. The van der Waals surface area contributed by atoms with Gasteiger partial charge in [0.15, 0.2) is 0 Å². The predicted octanol–water partition coefficient (Wildman–Crippen LogP) is 3.05. The van der Waals surface area contributed by atoms with Crippen molar-refractivity contribution in [1.29, 1.82) is 0 Å². The number of unbranched alkanes of at least 4 members (excludes halogenated alkanes) is 1. The lowest BCUT2D eigenvalue weighted by Gasteiger charge is -2.06. The maximum Gasteiger partial charge on any atom is 0.251 e. The molecular formula is C13H18ClNO. The van der Waals surface area contributed by atoms with Crippen molar-refractivity contribution in [2.75, 3.05) is 12.4 Å². The van der Waals surface area contributed by atoms with E-state index in [1.54, 1.807) is 0 Å². The van der Waals surface area contributed by atoms with Crippen molar-refractivity contribution in [2.24, 2.45) is 0 Å². The van der Waals surface area contributed by atoms with E-state index in [4.69, 9.17) is 11.6 Å². The summed E-state index contributed by atoms with van der Waals surface area (Å²) in [5.74, 6) is 0.650. The van der Waals surface area contributed by atoms with Gasteiger partial charge in [0.25, 0.3) is 5.91 Å². The van der Waals surface area contributed by atoms with Gasteiger partial charge in [-0.05, 0) is 49.9 Å². The van der Waals surface area contributed by atoms with Crippen LogP contribution in [0.3, 0.4) is 0 Å². The lowest BCUT2D eigenvalue weighted by atomic mass is 10.1. The minimum absolute atomic E-state index is 0.00216. The highest BCUT2D eigenvalue weighted by atomic mass is 35.5. The van der Waals surface area contributed by atoms with Crippen LogP contribution in [0.15, 0.2) is 18.2 Å². The Morgan fingerprint density at radius 1 is 1.25 bits per heavy atom. The standard InChI is InChI=1S/C13H18ClNO/c1-10-5-6-12(9-11(10)2)13(16)15-8-4-3-7-14/h5-6,9H,3-4,7-8H2,1-2H3,(H,15,16). The molecule has 0 unspecified atom stereocenters. The highest BCUT2D eigenvalue weighted by Gasteiger charge is 2.05. The summed E-state index contributed by atoms with van der Waals surface area (Å²) in [4.78, 5) is 11.7. The van der Waals surface area contributed by atoms with E-state index in [0.717, 1.165) is 24.0 Å². The number of carbonyl (C=O) groups excluding carboxylic acids is 1. The number of hydrogen-bond donors (Lipinski definition) is 1. The minimum Gasteiger partial charge on any atom is -0.352 e. The third kappa shape index (κ3) is 3.86. The zero-order chi connectivity index (χ0) is 12.0. The molecule has 0 saturated carbocycles. The summed E-state index contributed by atoms with van der Waals surface area (Å²) >= 11 is 5.56. The number of amides is 1. The first kappa shape index (κ1) is 13.0. The Hall–Kier alpha value is -1.02. The van der Waals surface area contributed by atoms with Crippen molar-refractivity contribution in [3.05, 3.63) is 34.9 Å². The van der Waals surface area contributed by atoms with E-state index >= 15 is 0 Å².